The second-order valence-corrected chi connectivity index (χ2v) is 5.30. The molecule has 0 aliphatic carbocycles. The molecule has 3 aromatic rings. The third-order valence-electron chi connectivity index (χ3n) is 2.85. The number of nitrogens with zero attached hydrogens (tertiary/aromatic N) is 5. The molecule has 0 unspecified atom stereocenters. The van der Waals surface area contributed by atoms with E-state index in [0.29, 0.717) is 22.7 Å². The number of carboxylic acid groups (broad SMARTS) is 1. The summed E-state index contributed by atoms with van der Waals surface area (Å²) < 4.78 is 1.54. The molecule has 0 aliphatic rings. The maximum absolute atomic E-state index is 10.9. The summed E-state index contributed by atoms with van der Waals surface area (Å²) in [5.41, 5.74) is 7.62. The van der Waals surface area contributed by atoms with Gasteiger partial charge in [-0.05, 0) is 12.1 Å². The maximum Gasteiger partial charge on any atom is 0.356 e. The van der Waals surface area contributed by atoms with E-state index in [1.807, 2.05) is 0 Å². The number of pyridine rings is 1. The first-order valence-corrected chi connectivity index (χ1v) is 6.89. The molecule has 0 saturated carbocycles. The molecule has 21 heavy (non-hydrogen) atoms. The molecule has 3 aromatic heterocycles. The van der Waals surface area contributed by atoms with Crippen molar-refractivity contribution < 1.29 is 9.90 Å². The first-order valence-electron chi connectivity index (χ1n) is 5.90. The summed E-state index contributed by atoms with van der Waals surface area (Å²) in [6.07, 6.45) is 0. The fourth-order valence-corrected chi connectivity index (χ4v) is 2.88. The number of nitrogen functional groups attached to an aromatic ring is 1. The Morgan fingerprint density at radius 3 is 3.00 bits per heavy atom. The van der Waals surface area contributed by atoms with Gasteiger partial charge in [-0.2, -0.15) is 15.4 Å². The van der Waals surface area contributed by atoms with Crippen LogP contribution in [0.25, 0.3) is 11.2 Å². The predicted molar refractivity (Wildman–Crippen MR) is 75.8 cm³/mol. The number of aromatic carboxylic acids is 1. The van der Waals surface area contributed by atoms with Crippen LogP contribution in [0.15, 0.2) is 17.0 Å². The van der Waals surface area contributed by atoms with Crippen LogP contribution < -0.4 is 5.73 Å². The zero-order valence-electron chi connectivity index (χ0n) is 10.9. The van der Waals surface area contributed by atoms with Crippen LogP contribution in [0.1, 0.15) is 16.2 Å². The van der Waals surface area contributed by atoms with Crippen molar-refractivity contribution in [3.05, 3.63) is 23.5 Å². The van der Waals surface area contributed by atoms with E-state index >= 15 is 0 Å². The average Bonchev–Trinajstić information content (AvgIpc) is 3.02. The number of anilines is 1. The van der Waals surface area contributed by atoms with Gasteiger partial charge in [0.1, 0.15) is 11.3 Å². The van der Waals surface area contributed by atoms with E-state index in [1.54, 1.807) is 23.9 Å². The highest BCUT2D eigenvalue weighted by atomic mass is 32.2. The summed E-state index contributed by atoms with van der Waals surface area (Å²) in [5.74, 6) is -0.161. The molecule has 0 spiro atoms. The number of aryl methyl sites for hydroxylation is 1. The molecule has 4 N–H and O–H groups in total. The van der Waals surface area contributed by atoms with Crippen LogP contribution in [0.2, 0.25) is 0 Å². The number of carboxylic acids is 1. The van der Waals surface area contributed by atoms with Crippen LogP contribution in [-0.2, 0) is 12.8 Å². The standard InChI is InChI=1S/C11H11N7O2S/c1-18-5(2-6(16-18)11(19)20)4-21-7-3-8(12)13-10-9(7)14-17-15-10/h2-3H,4H2,1H3,(H,19,20)(H3,12,13,14,15,17). The highest BCUT2D eigenvalue weighted by molar-refractivity contribution is 7.98. The summed E-state index contributed by atoms with van der Waals surface area (Å²) >= 11 is 1.46. The number of fused-ring (bicyclic) bond motifs is 1. The minimum atomic E-state index is -1.05. The number of aromatic amines is 1. The number of rotatable bonds is 4. The Kier molecular flexibility index (Phi) is 3.22. The van der Waals surface area contributed by atoms with Crippen molar-refractivity contribution in [3.63, 3.8) is 0 Å². The number of aromatic nitrogens is 6. The topological polar surface area (TPSA) is 136 Å². The van der Waals surface area contributed by atoms with E-state index in [4.69, 9.17) is 10.8 Å². The molecular formula is C11H11N7O2S. The Morgan fingerprint density at radius 2 is 2.29 bits per heavy atom. The van der Waals surface area contributed by atoms with Crippen molar-refractivity contribution >= 4 is 34.7 Å². The normalized spacial score (nSPS) is 11.1. The van der Waals surface area contributed by atoms with E-state index in [9.17, 15) is 4.79 Å². The van der Waals surface area contributed by atoms with Crippen LogP contribution in [0, 0.1) is 0 Å². The highest BCUT2D eigenvalue weighted by Gasteiger charge is 2.13. The average molecular weight is 305 g/mol. The fourth-order valence-electron chi connectivity index (χ4n) is 1.83. The Morgan fingerprint density at radius 1 is 1.48 bits per heavy atom. The fraction of sp³-hybridized carbons (Fsp3) is 0.182. The van der Waals surface area contributed by atoms with Gasteiger partial charge < -0.3 is 10.8 Å². The highest BCUT2D eigenvalue weighted by Crippen LogP contribution is 2.29. The van der Waals surface area contributed by atoms with Crippen molar-refractivity contribution in [2.75, 3.05) is 5.73 Å². The van der Waals surface area contributed by atoms with Gasteiger partial charge in [-0.3, -0.25) is 4.68 Å². The number of hydrogen-bond donors (Lipinski definition) is 3. The second-order valence-electron chi connectivity index (χ2n) is 4.28. The largest absolute Gasteiger partial charge is 0.476 e. The van der Waals surface area contributed by atoms with Crippen molar-refractivity contribution in [2.45, 2.75) is 10.6 Å². The lowest BCUT2D eigenvalue weighted by molar-refractivity contribution is 0.0689. The summed E-state index contributed by atoms with van der Waals surface area (Å²) in [4.78, 5) is 15.8. The molecule has 0 saturated heterocycles. The van der Waals surface area contributed by atoms with Gasteiger partial charge in [0.05, 0.1) is 0 Å². The smallest absolute Gasteiger partial charge is 0.356 e. The molecule has 0 fully saturated rings. The molecule has 0 atom stereocenters. The molecule has 0 radical (unpaired) electrons. The summed E-state index contributed by atoms with van der Waals surface area (Å²) in [6, 6.07) is 3.25. The van der Waals surface area contributed by atoms with Crippen molar-refractivity contribution in [1.29, 1.82) is 0 Å². The minimum Gasteiger partial charge on any atom is -0.476 e. The second kappa shape index (κ2) is 5.05. The lowest BCUT2D eigenvalue weighted by Gasteiger charge is -2.03. The lowest BCUT2D eigenvalue weighted by atomic mass is 10.4. The van der Waals surface area contributed by atoms with Crippen molar-refractivity contribution in [3.8, 4) is 0 Å². The third-order valence-corrected chi connectivity index (χ3v) is 3.91. The van der Waals surface area contributed by atoms with E-state index < -0.39 is 5.97 Å². The molecule has 0 amide bonds. The molecule has 0 aliphatic heterocycles. The number of carbonyl (C=O) groups is 1. The monoisotopic (exact) mass is 305 g/mol. The van der Waals surface area contributed by atoms with Gasteiger partial charge in [-0.25, -0.2) is 9.78 Å². The SMILES string of the molecule is Cn1nc(C(=O)O)cc1CSc1cc(N)nc2n[nH]nc12. The molecule has 0 bridgehead atoms. The number of thioether (sulfide) groups is 1. The third kappa shape index (κ3) is 2.52. The number of H-pyrrole nitrogens is 1. The van der Waals surface area contributed by atoms with Crippen LogP contribution in [0.3, 0.4) is 0 Å². The molecule has 10 heteroatoms. The van der Waals surface area contributed by atoms with Gasteiger partial charge in [0.25, 0.3) is 0 Å². The molecule has 3 heterocycles. The van der Waals surface area contributed by atoms with E-state index in [0.717, 1.165) is 10.6 Å². The Hall–Kier alpha value is -2.62. The van der Waals surface area contributed by atoms with Gasteiger partial charge in [0.2, 0.25) is 5.65 Å². The van der Waals surface area contributed by atoms with Crippen LogP contribution in [0.4, 0.5) is 5.82 Å². The van der Waals surface area contributed by atoms with Gasteiger partial charge in [-0.15, -0.1) is 16.9 Å². The summed E-state index contributed by atoms with van der Waals surface area (Å²) in [7, 11) is 1.70. The predicted octanol–water partition coefficient (Wildman–Crippen LogP) is 0.659. The summed E-state index contributed by atoms with van der Waals surface area (Å²) in [6.45, 7) is 0. The van der Waals surface area contributed by atoms with Gasteiger partial charge in [-0.1, -0.05) is 0 Å². The zero-order valence-corrected chi connectivity index (χ0v) is 11.8. The first kappa shape index (κ1) is 13.4. The van der Waals surface area contributed by atoms with Gasteiger partial charge >= 0.3 is 5.97 Å². The molecular weight excluding hydrogens is 294 g/mol. The van der Waals surface area contributed by atoms with E-state index in [-0.39, 0.29) is 5.69 Å². The Bertz CT molecular complexity index is 825. The van der Waals surface area contributed by atoms with Gasteiger partial charge in [0, 0.05) is 23.4 Å². The number of nitrogens with one attached hydrogen (secondary N) is 1. The molecule has 3 rings (SSSR count). The van der Waals surface area contributed by atoms with Crippen molar-refractivity contribution in [2.24, 2.45) is 7.05 Å². The number of nitrogens with two attached hydrogens (primary N) is 1. The van der Waals surface area contributed by atoms with Crippen LogP contribution >= 0.6 is 11.8 Å². The minimum absolute atomic E-state index is 0.0222. The molecule has 9 nitrogen and oxygen atoms in total. The first-order chi connectivity index (χ1) is 10.0. The molecule has 0 aromatic carbocycles. The van der Waals surface area contributed by atoms with Crippen LogP contribution in [0.5, 0.6) is 0 Å². The van der Waals surface area contributed by atoms with E-state index in [1.165, 1.54) is 11.8 Å². The van der Waals surface area contributed by atoms with Crippen molar-refractivity contribution in [1.82, 2.24) is 30.2 Å². The summed E-state index contributed by atoms with van der Waals surface area (Å²) in [5, 5.41) is 23.3. The van der Waals surface area contributed by atoms with Gasteiger partial charge in [0.15, 0.2) is 5.69 Å². The van der Waals surface area contributed by atoms with Crippen LogP contribution in [-0.4, -0.2) is 41.3 Å². The maximum atomic E-state index is 10.9. The lowest BCUT2D eigenvalue weighted by Crippen LogP contribution is -2.00. The molecule has 108 valence electrons. The Balaban J connectivity index is 1.86. The van der Waals surface area contributed by atoms with E-state index in [2.05, 4.69) is 25.5 Å². The Labute approximate surface area is 122 Å². The number of hydrogen-bond acceptors (Lipinski definition) is 7. The zero-order chi connectivity index (χ0) is 15.0. The quantitative estimate of drug-likeness (QED) is 0.598.